The minimum absolute atomic E-state index is 0.0370. The number of ether oxygens (including phenoxy) is 1. The Balaban J connectivity index is 2.29. The van der Waals surface area contributed by atoms with Gasteiger partial charge in [-0.3, -0.25) is 4.79 Å². The van der Waals surface area contributed by atoms with Crippen LogP contribution in [0, 0.1) is 11.3 Å². The third kappa shape index (κ3) is 1.29. The van der Waals surface area contributed by atoms with E-state index in [0.29, 0.717) is 13.0 Å². The zero-order valence-corrected chi connectivity index (χ0v) is 8.69. The summed E-state index contributed by atoms with van der Waals surface area (Å²) in [7, 11) is 0. The van der Waals surface area contributed by atoms with Gasteiger partial charge in [-0.05, 0) is 19.8 Å². The Morgan fingerprint density at radius 3 is 3.00 bits per heavy atom. The van der Waals surface area contributed by atoms with E-state index in [1.54, 1.807) is 6.92 Å². The minimum atomic E-state index is -2.91. The molecule has 1 aliphatic heterocycles. The summed E-state index contributed by atoms with van der Waals surface area (Å²) in [5, 5.41) is 2.90. The fourth-order valence-corrected chi connectivity index (χ4v) is 2.64. The van der Waals surface area contributed by atoms with Crippen molar-refractivity contribution in [3.05, 3.63) is 0 Å². The van der Waals surface area contributed by atoms with Crippen molar-refractivity contribution in [1.29, 1.82) is 0 Å². The molecule has 1 heterocycles. The maximum atomic E-state index is 13.9. The normalized spacial score (nSPS) is 37.7. The van der Waals surface area contributed by atoms with E-state index in [-0.39, 0.29) is 19.6 Å². The van der Waals surface area contributed by atoms with Gasteiger partial charge in [0.25, 0.3) is 5.92 Å². The van der Waals surface area contributed by atoms with Crippen LogP contribution in [0.2, 0.25) is 0 Å². The summed E-state index contributed by atoms with van der Waals surface area (Å²) >= 11 is 0. The number of esters is 1. The third-order valence-corrected chi connectivity index (χ3v) is 3.55. The van der Waals surface area contributed by atoms with Crippen LogP contribution < -0.4 is 5.32 Å². The molecule has 1 saturated heterocycles. The van der Waals surface area contributed by atoms with E-state index in [2.05, 4.69) is 5.32 Å². The zero-order chi connectivity index (χ0) is 11.1. The predicted octanol–water partition coefficient (Wildman–Crippen LogP) is 1.18. The van der Waals surface area contributed by atoms with Crippen LogP contribution in [0.3, 0.4) is 0 Å². The van der Waals surface area contributed by atoms with Crippen LogP contribution in [0.4, 0.5) is 8.78 Å². The van der Waals surface area contributed by atoms with E-state index < -0.39 is 23.2 Å². The number of piperidine rings is 1. The van der Waals surface area contributed by atoms with Gasteiger partial charge in [0.1, 0.15) is 5.41 Å². The first-order valence-corrected chi connectivity index (χ1v) is 5.30. The Morgan fingerprint density at radius 1 is 1.60 bits per heavy atom. The average Bonchev–Trinajstić information content (AvgIpc) is 2.40. The molecule has 2 bridgehead atoms. The molecular weight excluding hydrogens is 204 g/mol. The molecule has 0 aromatic rings. The molecule has 0 amide bonds. The molecule has 0 spiro atoms. The molecule has 0 aromatic heterocycles. The molecule has 86 valence electrons. The lowest BCUT2D eigenvalue weighted by molar-refractivity contribution is -0.190. The summed E-state index contributed by atoms with van der Waals surface area (Å²) in [6.07, 6.45) is 0.634. The van der Waals surface area contributed by atoms with Crippen molar-refractivity contribution in [2.45, 2.75) is 25.7 Å². The molecule has 1 saturated carbocycles. The van der Waals surface area contributed by atoms with Crippen molar-refractivity contribution in [3.63, 3.8) is 0 Å². The molecule has 0 radical (unpaired) electrons. The van der Waals surface area contributed by atoms with Gasteiger partial charge in [0, 0.05) is 19.0 Å². The quantitative estimate of drug-likeness (QED) is 0.709. The number of hydrogen-bond acceptors (Lipinski definition) is 3. The Bertz CT molecular complexity index is 279. The largest absolute Gasteiger partial charge is 0.465 e. The number of hydrogen-bond donors (Lipinski definition) is 1. The molecule has 0 aromatic carbocycles. The van der Waals surface area contributed by atoms with Gasteiger partial charge in [-0.1, -0.05) is 0 Å². The lowest BCUT2D eigenvalue weighted by Gasteiger charge is -2.39. The first-order chi connectivity index (χ1) is 7.04. The van der Waals surface area contributed by atoms with Gasteiger partial charge in [-0.15, -0.1) is 0 Å². The second-order valence-electron chi connectivity index (χ2n) is 4.29. The lowest BCUT2D eigenvalue weighted by Crippen LogP contribution is -2.58. The van der Waals surface area contributed by atoms with Crippen molar-refractivity contribution in [2.24, 2.45) is 11.3 Å². The second kappa shape index (κ2) is 3.40. The molecule has 1 N–H and O–H groups in total. The van der Waals surface area contributed by atoms with Gasteiger partial charge >= 0.3 is 5.97 Å². The summed E-state index contributed by atoms with van der Waals surface area (Å²) in [6.45, 7) is 2.13. The van der Waals surface area contributed by atoms with Crippen molar-refractivity contribution in [1.82, 2.24) is 5.32 Å². The van der Waals surface area contributed by atoms with Crippen LogP contribution in [-0.2, 0) is 9.53 Å². The van der Waals surface area contributed by atoms with Crippen molar-refractivity contribution in [3.8, 4) is 0 Å². The highest BCUT2D eigenvalue weighted by molar-refractivity contribution is 5.79. The van der Waals surface area contributed by atoms with E-state index in [4.69, 9.17) is 4.74 Å². The lowest BCUT2D eigenvalue weighted by atomic mass is 9.79. The van der Waals surface area contributed by atoms with Gasteiger partial charge in [0.2, 0.25) is 0 Å². The summed E-state index contributed by atoms with van der Waals surface area (Å²) < 4.78 is 32.7. The number of carbonyl (C=O) groups is 1. The maximum Gasteiger partial charge on any atom is 0.319 e. The molecule has 2 unspecified atom stereocenters. The molecule has 2 rings (SSSR count). The van der Waals surface area contributed by atoms with E-state index in [0.717, 1.165) is 0 Å². The van der Waals surface area contributed by atoms with Crippen LogP contribution >= 0.6 is 0 Å². The monoisotopic (exact) mass is 219 g/mol. The summed E-state index contributed by atoms with van der Waals surface area (Å²) in [5.41, 5.74) is -1.61. The number of alkyl halides is 2. The summed E-state index contributed by atoms with van der Waals surface area (Å²) in [6, 6.07) is 0. The predicted molar refractivity (Wildman–Crippen MR) is 49.6 cm³/mol. The Labute approximate surface area is 87.2 Å². The van der Waals surface area contributed by atoms with E-state index in [9.17, 15) is 13.6 Å². The SMILES string of the molecule is CCOC(=O)C12CCC(CNC1)C2(F)F. The summed E-state index contributed by atoms with van der Waals surface area (Å²) in [5.74, 6) is -4.37. The standard InChI is InChI=1S/C10H15F2NO2/c1-2-15-8(14)9-4-3-7(5-13-6-9)10(9,11)12/h7,13H,2-6H2,1H3. The molecule has 15 heavy (non-hydrogen) atoms. The van der Waals surface area contributed by atoms with Crippen molar-refractivity contribution >= 4 is 5.97 Å². The van der Waals surface area contributed by atoms with Gasteiger partial charge in [-0.2, -0.15) is 0 Å². The summed E-state index contributed by atoms with van der Waals surface area (Å²) in [4.78, 5) is 11.7. The molecule has 2 atom stereocenters. The highest BCUT2D eigenvalue weighted by Gasteiger charge is 2.69. The van der Waals surface area contributed by atoms with Gasteiger partial charge in [0.15, 0.2) is 0 Å². The Hall–Kier alpha value is -0.710. The number of carbonyl (C=O) groups excluding carboxylic acids is 1. The first-order valence-electron chi connectivity index (χ1n) is 5.30. The van der Waals surface area contributed by atoms with Crippen LogP contribution in [0.1, 0.15) is 19.8 Å². The van der Waals surface area contributed by atoms with E-state index in [1.807, 2.05) is 0 Å². The Morgan fingerprint density at radius 2 is 2.33 bits per heavy atom. The van der Waals surface area contributed by atoms with Gasteiger partial charge in [0.05, 0.1) is 6.61 Å². The fourth-order valence-electron chi connectivity index (χ4n) is 2.64. The molecule has 3 nitrogen and oxygen atoms in total. The average molecular weight is 219 g/mol. The number of nitrogens with one attached hydrogen (secondary N) is 1. The number of rotatable bonds is 2. The van der Waals surface area contributed by atoms with Crippen LogP contribution in [0.25, 0.3) is 0 Å². The topological polar surface area (TPSA) is 38.3 Å². The Kier molecular flexibility index (Phi) is 2.45. The van der Waals surface area contributed by atoms with Gasteiger partial charge < -0.3 is 10.1 Å². The highest BCUT2D eigenvalue weighted by Crippen LogP contribution is 2.55. The van der Waals surface area contributed by atoms with Crippen LogP contribution in [0.15, 0.2) is 0 Å². The zero-order valence-electron chi connectivity index (χ0n) is 8.69. The maximum absolute atomic E-state index is 13.9. The van der Waals surface area contributed by atoms with Crippen LogP contribution in [0.5, 0.6) is 0 Å². The second-order valence-corrected chi connectivity index (χ2v) is 4.29. The van der Waals surface area contributed by atoms with Crippen molar-refractivity contribution in [2.75, 3.05) is 19.7 Å². The van der Waals surface area contributed by atoms with E-state index in [1.165, 1.54) is 0 Å². The molecule has 5 heteroatoms. The first kappa shape index (κ1) is 10.8. The van der Waals surface area contributed by atoms with Crippen LogP contribution in [-0.4, -0.2) is 31.6 Å². The number of halogens is 2. The molecule has 2 aliphatic rings. The van der Waals surface area contributed by atoms with Gasteiger partial charge in [-0.25, -0.2) is 8.78 Å². The van der Waals surface area contributed by atoms with E-state index >= 15 is 0 Å². The fraction of sp³-hybridized carbons (Fsp3) is 0.900. The molecule has 1 aliphatic carbocycles. The van der Waals surface area contributed by atoms with Crippen molar-refractivity contribution < 1.29 is 18.3 Å². The highest BCUT2D eigenvalue weighted by atomic mass is 19.3. The smallest absolute Gasteiger partial charge is 0.319 e. The number of fused-ring (bicyclic) bond motifs is 2. The minimum Gasteiger partial charge on any atom is -0.465 e. The molecular formula is C10H15F2NO2. The third-order valence-electron chi connectivity index (χ3n) is 3.55. The molecule has 2 fully saturated rings.